The molecule has 3 heteroatoms. The van der Waals surface area contributed by atoms with Gasteiger partial charge in [-0.2, -0.15) is 0 Å². The first-order valence-electron chi connectivity index (χ1n) is 5.40. The number of aliphatic hydroxyl groups is 1. The van der Waals surface area contributed by atoms with E-state index in [0.29, 0.717) is 12.6 Å². The van der Waals surface area contributed by atoms with Crippen molar-refractivity contribution in [2.75, 3.05) is 19.6 Å². The van der Waals surface area contributed by atoms with Crippen molar-refractivity contribution in [2.24, 2.45) is 5.73 Å². The van der Waals surface area contributed by atoms with Crippen LogP contribution >= 0.6 is 0 Å². The van der Waals surface area contributed by atoms with Crippen LogP contribution in [-0.2, 0) is 0 Å². The van der Waals surface area contributed by atoms with Crippen LogP contribution in [0.5, 0.6) is 0 Å². The molecule has 0 radical (unpaired) electrons. The van der Waals surface area contributed by atoms with Crippen molar-refractivity contribution < 1.29 is 5.11 Å². The summed E-state index contributed by atoms with van der Waals surface area (Å²) in [6.07, 6.45) is 4.94. The van der Waals surface area contributed by atoms with E-state index < -0.39 is 0 Å². The first-order valence-corrected chi connectivity index (χ1v) is 5.40. The lowest BCUT2D eigenvalue weighted by Crippen LogP contribution is -2.41. The molecule has 1 fully saturated rings. The minimum absolute atomic E-state index is 0.347. The van der Waals surface area contributed by atoms with Gasteiger partial charge in [0, 0.05) is 19.1 Å². The smallest absolute Gasteiger partial charge is 0.0789 e. The lowest BCUT2D eigenvalue weighted by Gasteiger charge is -2.29. The summed E-state index contributed by atoms with van der Waals surface area (Å²) in [5.74, 6) is 0. The molecule has 0 aromatic heterocycles. The molecule has 1 aliphatic rings. The zero-order valence-corrected chi connectivity index (χ0v) is 8.58. The van der Waals surface area contributed by atoms with Crippen molar-refractivity contribution in [3.63, 3.8) is 0 Å². The van der Waals surface area contributed by atoms with E-state index in [1.165, 1.54) is 25.7 Å². The number of nitrogens with two attached hydrogens (primary N) is 1. The van der Waals surface area contributed by atoms with E-state index in [-0.39, 0.29) is 6.10 Å². The van der Waals surface area contributed by atoms with E-state index in [1.807, 2.05) is 0 Å². The number of aliphatic hydroxyl groups excluding tert-OH is 1. The maximum absolute atomic E-state index is 9.45. The van der Waals surface area contributed by atoms with Crippen LogP contribution in [0.3, 0.4) is 0 Å². The molecule has 13 heavy (non-hydrogen) atoms. The lowest BCUT2D eigenvalue weighted by molar-refractivity contribution is 0.0966. The summed E-state index contributed by atoms with van der Waals surface area (Å²) in [6.45, 7) is 4.31. The summed E-state index contributed by atoms with van der Waals surface area (Å²) in [5, 5.41) is 9.45. The van der Waals surface area contributed by atoms with Gasteiger partial charge >= 0.3 is 0 Å². The maximum atomic E-state index is 9.45. The standard InChI is InChI=1S/C10H22N2O/c1-2-12(8-10(13)7-11)9-5-3-4-6-9/h9-10,13H,2-8,11H2,1H3. The third-order valence-electron chi connectivity index (χ3n) is 2.96. The van der Waals surface area contributed by atoms with Crippen molar-refractivity contribution in [2.45, 2.75) is 44.8 Å². The normalized spacial score (nSPS) is 21.2. The van der Waals surface area contributed by atoms with Crippen LogP contribution in [0.2, 0.25) is 0 Å². The van der Waals surface area contributed by atoms with E-state index in [2.05, 4.69) is 11.8 Å². The van der Waals surface area contributed by atoms with Crippen LogP contribution in [0.1, 0.15) is 32.6 Å². The molecule has 3 nitrogen and oxygen atoms in total. The van der Waals surface area contributed by atoms with Crippen LogP contribution in [-0.4, -0.2) is 41.8 Å². The summed E-state index contributed by atoms with van der Waals surface area (Å²) in [5.41, 5.74) is 5.40. The molecule has 0 aromatic rings. The average Bonchev–Trinajstić information content (AvgIpc) is 2.66. The van der Waals surface area contributed by atoms with Crippen molar-refractivity contribution in [1.82, 2.24) is 4.90 Å². The fourth-order valence-electron chi connectivity index (χ4n) is 2.15. The predicted octanol–water partition coefficient (Wildman–Crippen LogP) is 0.570. The van der Waals surface area contributed by atoms with Gasteiger partial charge in [-0.3, -0.25) is 4.90 Å². The quantitative estimate of drug-likeness (QED) is 0.660. The molecular formula is C10H22N2O. The van der Waals surface area contributed by atoms with Crippen LogP contribution < -0.4 is 5.73 Å². The Labute approximate surface area is 80.9 Å². The molecule has 0 amide bonds. The highest BCUT2D eigenvalue weighted by atomic mass is 16.3. The number of nitrogens with zero attached hydrogens (tertiary/aromatic N) is 1. The summed E-state index contributed by atoms with van der Waals surface area (Å²) < 4.78 is 0. The first kappa shape index (κ1) is 11.0. The Bertz CT molecular complexity index is 135. The minimum atomic E-state index is -0.347. The lowest BCUT2D eigenvalue weighted by atomic mass is 10.2. The Morgan fingerprint density at radius 3 is 2.54 bits per heavy atom. The molecule has 78 valence electrons. The molecule has 0 aliphatic heterocycles. The molecule has 1 unspecified atom stereocenters. The number of hydrogen-bond donors (Lipinski definition) is 2. The van der Waals surface area contributed by atoms with Crippen LogP contribution in [0, 0.1) is 0 Å². The van der Waals surface area contributed by atoms with Crippen LogP contribution in [0.15, 0.2) is 0 Å². The van der Waals surface area contributed by atoms with Gasteiger partial charge < -0.3 is 10.8 Å². The molecule has 1 aliphatic carbocycles. The van der Waals surface area contributed by atoms with Gasteiger partial charge in [-0.25, -0.2) is 0 Å². The number of hydrogen-bond acceptors (Lipinski definition) is 3. The van der Waals surface area contributed by atoms with Crippen molar-refractivity contribution >= 4 is 0 Å². The van der Waals surface area contributed by atoms with Gasteiger partial charge in [0.05, 0.1) is 6.10 Å². The van der Waals surface area contributed by atoms with Gasteiger partial charge in [-0.05, 0) is 19.4 Å². The zero-order valence-electron chi connectivity index (χ0n) is 8.58. The molecule has 0 bridgehead atoms. The van der Waals surface area contributed by atoms with Gasteiger partial charge in [-0.15, -0.1) is 0 Å². The van der Waals surface area contributed by atoms with Gasteiger partial charge in [0.25, 0.3) is 0 Å². The fourth-order valence-corrected chi connectivity index (χ4v) is 2.15. The Kier molecular flexibility index (Phi) is 4.70. The van der Waals surface area contributed by atoms with Crippen LogP contribution in [0.4, 0.5) is 0 Å². The molecule has 0 saturated heterocycles. The SMILES string of the molecule is CCN(CC(O)CN)C1CCCC1. The fraction of sp³-hybridized carbons (Fsp3) is 1.00. The van der Waals surface area contributed by atoms with E-state index in [0.717, 1.165) is 13.1 Å². The van der Waals surface area contributed by atoms with Crippen molar-refractivity contribution in [1.29, 1.82) is 0 Å². The predicted molar refractivity (Wildman–Crippen MR) is 54.6 cm³/mol. The first-order chi connectivity index (χ1) is 6.27. The second-order valence-electron chi connectivity index (χ2n) is 3.92. The molecule has 1 atom stereocenters. The molecule has 0 aromatic carbocycles. The third-order valence-corrected chi connectivity index (χ3v) is 2.96. The number of likely N-dealkylation sites (N-methyl/N-ethyl adjacent to an activating group) is 1. The molecule has 0 spiro atoms. The highest BCUT2D eigenvalue weighted by Crippen LogP contribution is 2.23. The van der Waals surface area contributed by atoms with Gasteiger partial charge in [0.15, 0.2) is 0 Å². The van der Waals surface area contributed by atoms with Gasteiger partial charge in [0.1, 0.15) is 0 Å². The number of rotatable bonds is 5. The summed E-state index contributed by atoms with van der Waals surface area (Å²) in [4.78, 5) is 2.37. The molecule has 1 saturated carbocycles. The summed E-state index contributed by atoms with van der Waals surface area (Å²) in [6, 6.07) is 0.700. The maximum Gasteiger partial charge on any atom is 0.0789 e. The Hall–Kier alpha value is -0.120. The van der Waals surface area contributed by atoms with Gasteiger partial charge in [-0.1, -0.05) is 19.8 Å². The van der Waals surface area contributed by atoms with Crippen molar-refractivity contribution in [3.8, 4) is 0 Å². The van der Waals surface area contributed by atoms with Crippen LogP contribution in [0.25, 0.3) is 0 Å². The van der Waals surface area contributed by atoms with E-state index >= 15 is 0 Å². The van der Waals surface area contributed by atoms with E-state index in [1.54, 1.807) is 0 Å². The average molecular weight is 186 g/mol. The Morgan fingerprint density at radius 1 is 1.46 bits per heavy atom. The van der Waals surface area contributed by atoms with Crippen molar-refractivity contribution in [3.05, 3.63) is 0 Å². The highest BCUT2D eigenvalue weighted by molar-refractivity contribution is 4.78. The Balaban J connectivity index is 2.32. The molecule has 1 rings (SSSR count). The monoisotopic (exact) mass is 186 g/mol. The third kappa shape index (κ3) is 3.25. The zero-order chi connectivity index (χ0) is 9.68. The Morgan fingerprint density at radius 2 is 2.08 bits per heavy atom. The van der Waals surface area contributed by atoms with E-state index in [9.17, 15) is 5.11 Å². The molecular weight excluding hydrogens is 164 g/mol. The second-order valence-corrected chi connectivity index (χ2v) is 3.92. The molecule has 0 heterocycles. The summed E-state index contributed by atoms with van der Waals surface area (Å²) >= 11 is 0. The largest absolute Gasteiger partial charge is 0.390 e. The minimum Gasteiger partial charge on any atom is -0.390 e. The highest BCUT2D eigenvalue weighted by Gasteiger charge is 2.22. The van der Waals surface area contributed by atoms with E-state index in [4.69, 9.17) is 5.73 Å². The summed E-state index contributed by atoms with van der Waals surface area (Å²) in [7, 11) is 0. The second kappa shape index (κ2) is 5.58. The topological polar surface area (TPSA) is 49.5 Å². The molecule has 3 N–H and O–H groups in total. The van der Waals surface area contributed by atoms with Gasteiger partial charge in [0.2, 0.25) is 0 Å².